The van der Waals surface area contributed by atoms with Crippen molar-refractivity contribution in [2.45, 2.75) is 51.0 Å². The van der Waals surface area contributed by atoms with E-state index in [9.17, 15) is 10.4 Å². The van der Waals surface area contributed by atoms with E-state index in [1.54, 1.807) is 0 Å². The maximum Gasteiger partial charge on any atom is 0.0692 e. The Bertz CT molecular complexity index is 233. The van der Waals surface area contributed by atoms with E-state index in [4.69, 9.17) is 0 Å². The van der Waals surface area contributed by atoms with Gasteiger partial charge in [0.05, 0.1) is 17.6 Å². The fourth-order valence-electron chi connectivity index (χ4n) is 3.06. The smallest absolute Gasteiger partial charge is 0.0692 e. The predicted octanol–water partition coefficient (Wildman–Crippen LogP) is 2.23. The summed E-state index contributed by atoms with van der Waals surface area (Å²) in [5, 5.41) is 18.8. The molecule has 2 heteroatoms. The van der Waals surface area contributed by atoms with E-state index in [-0.39, 0.29) is 11.5 Å². The van der Waals surface area contributed by atoms with Crippen molar-refractivity contribution in [2.75, 3.05) is 0 Å². The lowest BCUT2D eigenvalue weighted by atomic mass is 9.60. The first kappa shape index (κ1) is 9.02. The number of aliphatic hydroxyl groups excluding tert-OH is 1. The highest BCUT2D eigenvalue weighted by Gasteiger charge is 2.44. The van der Waals surface area contributed by atoms with Gasteiger partial charge in [-0.05, 0) is 38.0 Å². The number of hydrogen-bond acceptors (Lipinski definition) is 2. The van der Waals surface area contributed by atoms with Crippen LogP contribution in [0.25, 0.3) is 0 Å². The highest BCUT2D eigenvalue weighted by atomic mass is 16.3. The van der Waals surface area contributed by atoms with Crippen molar-refractivity contribution in [3.8, 4) is 6.07 Å². The van der Waals surface area contributed by atoms with Crippen molar-refractivity contribution in [2.24, 2.45) is 11.3 Å². The molecular weight excluding hydrogens is 162 g/mol. The third-order valence-corrected chi connectivity index (χ3v) is 3.91. The van der Waals surface area contributed by atoms with Gasteiger partial charge in [0, 0.05) is 0 Å². The largest absolute Gasteiger partial charge is 0.393 e. The number of hydrogen-bond donors (Lipinski definition) is 1. The van der Waals surface area contributed by atoms with Crippen LogP contribution in [0.4, 0.5) is 0 Å². The zero-order chi connectivity index (χ0) is 9.31. The summed E-state index contributed by atoms with van der Waals surface area (Å²) in [5.74, 6) is 0.481. The molecule has 0 aliphatic heterocycles. The van der Waals surface area contributed by atoms with Crippen LogP contribution in [0.5, 0.6) is 0 Å². The summed E-state index contributed by atoms with van der Waals surface area (Å²) in [6, 6.07) is 2.53. The van der Waals surface area contributed by atoms with Crippen LogP contribution in [0.15, 0.2) is 0 Å². The Kier molecular flexibility index (Phi) is 2.29. The first-order valence-electron chi connectivity index (χ1n) is 5.36. The molecule has 3 atom stereocenters. The Morgan fingerprint density at radius 2 is 2.08 bits per heavy atom. The second-order valence-electron chi connectivity index (χ2n) is 4.64. The van der Waals surface area contributed by atoms with Gasteiger partial charge in [-0.1, -0.05) is 12.8 Å². The van der Waals surface area contributed by atoms with E-state index in [0.717, 1.165) is 32.1 Å². The molecule has 2 fully saturated rings. The zero-order valence-corrected chi connectivity index (χ0v) is 8.00. The summed E-state index contributed by atoms with van der Waals surface area (Å²) >= 11 is 0. The Morgan fingerprint density at radius 3 is 2.85 bits per heavy atom. The highest BCUT2D eigenvalue weighted by Crippen LogP contribution is 2.49. The third kappa shape index (κ3) is 1.46. The first-order chi connectivity index (χ1) is 6.27. The van der Waals surface area contributed by atoms with Crippen molar-refractivity contribution >= 4 is 0 Å². The minimum Gasteiger partial charge on any atom is -0.393 e. The fraction of sp³-hybridized carbons (Fsp3) is 0.909. The second-order valence-corrected chi connectivity index (χ2v) is 4.64. The SMILES string of the molecule is N#CC12CCCCC1CC(O)CC2. The molecule has 0 bridgehead atoms. The Morgan fingerprint density at radius 1 is 1.23 bits per heavy atom. The molecule has 2 nitrogen and oxygen atoms in total. The lowest BCUT2D eigenvalue weighted by molar-refractivity contribution is 0.0143. The summed E-state index contributed by atoms with van der Waals surface area (Å²) in [4.78, 5) is 0. The Hall–Kier alpha value is -0.550. The van der Waals surface area contributed by atoms with Gasteiger partial charge in [0.2, 0.25) is 0 Å². The molecule has 0 heterocycles. The molecule has 0 aromatic rings. The maximum atomic E-state index is 9.55. The number of nitriles is 1. The van der Waals surface area contributed by atoms with E-state index in [2.05, 4.69) is 6.07 Å². The van der Waals surface area contributed by atoms with Gasteiger partial charge in [-0.2, -0.15) is 5.26 Å². The fourth-order valence-corrected chi connectivity index (χ4v) is 3.06. The molecule has 0 aromatic carbocycles. The normalized spacial score (nSPS) is 44.9. The number of fused-ring (bicyclic) bond motifs is 1. The van der Waals surface area contributed by atoms with Crippen molar-refractivity contribution in [3.63, 3.8) is 0 Å². The first-order valence-corrected chi connectivity index (χ1v) is 5.36. The topological polar surface area (TPSA) is 44.0 Å². The van der Waals surface area contributed by atoms with Gasteiger partial charge in [0.25, 0.3) is 0 Å². The summed E-state index contributed by atoms with van der Waals surface area (Å²) in [6.45, 7) is 0. The molecule has 2 rings (SSSR count). The van der Waals surface area contributed by atoms with Crippen molar-refractivity contribution in [3.05, 3.63) is 0 Å². The minimum absolute atomic E-state index is 0.0581. The average Bonchev–Trinajstić information content (AvgIpc) is 2.18. The average molecular weight is 179 g/mol. The number of rotatable bonds is 0. The van der Waals surface area contributed by atoms with Gasteiger partial charge in [-0.15, -0.1) is 0 Å². The lowest BCUT2D eigenvalue weighted by Gasteiger charge is -2.44. The Labute approximate surface area is 79.6 Å². The molecule has 2 aliphatic carbocycles. The van der Waals surface area contributed by atoms with E-state index in [1.165, 1.54) is 12.8 Å². The van der Waals surface area contributed by atoms with Crippen molar-refractivity contribution in [1.82, 2.24) is 0 Å². The van der Waals surface area contributed by atoms with Gasteiger partial charge in [-0.25, -0.2) is 0 Å². The van der Waals surface area contributed by atoms with E-state index in [1.807, 2.05) is 0 Å². The predicted molar refractivity (Wildman–Crippen MR) is 49.9 cm³/mol. The van der Waals surface area contributed by atoms with Gasteiger partial charge >= 0.3 is 0 Å². The molecule has 0 aromatic heterocycles. The van der Waals surface area contributed by atoms with Crippen LogP contribution in [0.1, 0.15) is 44.9 Å². The standard InChI is InChI=1S/C11H17NO/c12-8-11-5-2-1-3-9(11)7-10(13)4-6-11/h9-10,13H,1-7H2. The van der Waals surface area contributed by atoms with E-state index in [0.29, 0.717) is 5.92 Å². The molecule has 0 radical (unpaired) electrons. The van der Waals surface area contributed by atoms with Crippen LogP contribution >= 0.6 is 0 Å². The third-order valence-electron chi connectivity index (χ3n) is 3.91. The minimum atomic E-state index is -0.135. The van der Waals surface area contributed by atoms with Crippen molar-refractivity contribution in [1.29, 1.82) is 5.26 Å². The Balaban J connectivity index is 2.15. The van der Waals surface area contributed by atoms with Crippen LogP contribution in [-0.4, -0.2) is 11.2 Å². The van der Waals surface area contributed by atoms with Gasteiger partial charge < -0.3 is 5.11 Å². The monoisotopic (exact) mass is 179 g/mol. The maximum absolute atomic E-state index is 9.55. The van der Waals surface area contributed by atoms with Crippen LogP contribution in [0, 0.1) is 22.7 Å². The molecule has 0 amide bonds. The van der Waals surface area contributed by atoms with Gasteiger partial charge in [-0.3, -0.25) is 0 Å². The van der Waals surface area contributed by atoms with E-state index >= 15 is 0 Å². The van der Waals surface area contributed by atoms with Crippen LogP contribution in [-0.2, 0) is 0 Å². The molecule has 3 unspecified atom stereocenters. The molecule has 13 heavy (non-hydrogen) atoms. The molecule has 2 aliphatic rings. The molecule has 0 spiro atoms. The number of nitrogens with zero attached hydrogens (tertiary/aromatic N) is 1. The second kappa shape index (κ2) is 3.31. The summed E-state index contributed by atoms with van der Waals surface area (Å²) < 4.78 is 0. The highest BCUT2D eigenvalue weighted by molar-refractivity contribution is 5.07. The van der Waals surface area contributed by atoms with Gasteiger partial charge in [0.1, 0.15) is 0 Å². The van der Waals surface area contributed by atoms with Gasteiger partial charge in [0.15, 0.2) is 0 Å². The summed E-state index contributed by atoms with van der Waals surface area (Å²) in [5.41, 5.74) is -0.0581. The number of aliphatic hydroxyl groups is 1. The molecular formula is C11H17NO. The molecule has 0 saturated heterocycles. The quantitative estimate of drug-likeness (QED) is 0.619. The molecule has 2 saturated carbocycles. The van der Waals surface area contributed by atoms with Crippen molar-refractivity contribution < 1.29 is 5.11 Å². The van der Waals surface area contributed by atoms with Crippen LogP contribution in [0.3, 0.4) is 0 Å². The summed E-state index contributed by atoms with van der Waals surface area (Å²) in [7, 11) is 0. The zero-order valence-electron chi connectivity index (χ0n) is 8.00. The summed E-state index contributed by atoms with van der Waals surface area (Å²) in [6.07, 6.45) is 7.18. The lowest BCUT2D eigenvalue weighted by Crippen LogP contribution is -2.39. The van der Waals surface area contributed by atoms with Crippen LogP contribution < -0.4 is 0 Å². The van der Waals surface area contributed by atoms with Crippen LogP contribution in [0.2, 0.25) is 0 Å². The van der Waals surface area contributed by atoms with E-state index < -0.39 is 0 Å². The molecule has 1 N–H and O–H groups in total. The molecule has 72 valence electrons.